The number of hydrogen-bond donors (Lipinski definition) is 2. The Morgan fingerprint density at radius 2 is 2.42 bits per heavy atom. The summed E-state index contributed by atoms with van der Waals surface area (Å²) in [5.74, 6) is 0.423. The molecule has 0 aliphatic heterocycles. The number of hydrogen-bond acceptors (Lipinski definition) is 2. The van der Waals surface area contributed by atoms with Gasteiger partial charge in [-0.05, 0) is 18.9 Å². The Morgan fingerprint density at radius 3 is 2.83 bits per heavy atom. The second-order valence-corrected chi connectivity index (χ2v) is 3.22. The van der Waals surface area contributed by atoms with Gasteiger partial charge < -0.3 is 5.73 Å². The average molecular weight is 169 g/mol. The summed E-state index contributed by atoms with van der Waals surface area (Å²) in [6, 6.07) is 1.62. The van der Waals surface area contributed by atoms with Crippen molar-refractivity contribution in [3.63, 3.8) is 0 Å². The summed E-state index contributed by atoms with van der Waals surface area (Å²) in [7, 11) is 1.83. The summed E-state index contributed by atoms with van der Waals surface area (Å²) in [6.07, 6.45) is 0.853. The SMILES string of the molecule is CC(CN)Cc1cc(=O)[nH]n1C. The maximum absolute atomic E-state index is 10.9. The average Bonchev–Trinajstić information content (AvgIpc) is 2.30. The van der Waals surface area contributed by atoms with E-state index in [2.05, 4.69) is 12.0 Å². The smallest absolute Gasteiger partial charge is 0.264 e. The maximum Gasteiger partial charge on any atom is 0.264 e. The van der Waals surface area contributed by atoms with E-state index in [4.69, 9.17) is 5.73 Å². The lowest BCUT2D eigenvalue weighted by atomic mass is 10.1. The van der Waals surface area contributed by atoms with Gasteiger partial charge in [0.2, 0.25) is 0 Å². The highest BCUT2D eigenvalue weighted by Crippen LogP contribution is 2.03. The normalized spacial score (nSPS) is 13.2. The van der Waals surface area contributed by atoms with Crippen LogP contribution in [0.4, 0.5) is 0 Å². The minimum atomic E-state index is -0.0447. The van der Waals surface area contributed by atoms with E-state index in [1.165, 1.54) is 0 Å². The van der Waals surface area contributed by atoms with Crippen LogP contribution in [0, 0.1) is 5.92 Å². The monoisotopic (exact) mass is 169 g/mol. The van der Waals surface area contributed by atoms with E-state index >= 15 is 0 Å². The van der Waals surface area contributed by atoms with Crippen molar-refractivity contribution in [3.05, 3.63) is 22.1 Å². The molecule has 0 aromatic carbocycles. The molecule has 0 spiro atoms. The number of rotatable bonds is 3. The van der Waals surface area contributed by atoms with Gasteiger partial charge in [-0.3, -0.25) is 14.6 Å². The zero-order chi connectivity index (χ0) is 9.14. The molecule has 1 heterocycles. The van der Waals surface area contributed by atoms with E-state index in [1.54, 1.807) is 10.7 Å². The van der Waals surface area contributed by atoms with Gasteiger partial charge in [-0.15, -0.1) is 0 Å². The van der Waals surface area contributed by atoms with Crippen molar-refractivity contribution in [2.45, 2.75) is 13.3 Å². The Kier molecular flexibility index (Phi) is 2.70. The molecule has 0 amide bonds. The fourth-order valence-corrected chi connectivity index (χ4v) is 1.15. The second kappa shape index (κ2) is 3.58. The Bertz CT molecular complexity index is 299. The molecule has 0 bridgehead atoms. The largest absolute Gasteiger partial charge is 0.330 e. The van der Waals surface area contributed by atoms with Crippen molar-refractivity contribution >= 4 is 0 Å². The van der Waals surface area contributed by atoms with Crippen LogP contribution in [0.25, 0.3) is 0 Å². The highest BCUT2D eigenvalue weighted by Gasteiger charge is 2.05. The first-order valence-electron chi connectivity index (χ1n) is 4.08. The lowest BCUT2D eigenvalue weighted by Crippen LogP contribution is -2.14. The summed E-state index contributed by atoms with van der Waals surface area (Å²) in [5.41, 5.74) is 6.45. The van der Waals surface area contributed by atoms with Crippen LogP contribution in [0.1, 0.15) is 12.6 Å². The van der Waals surface area contributed by atoms with Gasteiger partial charge >= 0.3 is 0 Å². The van der Waals surface area contributed by atoms with Crippen LogP contribution < -0.4 is 11.3 Å². The Balaban J connectivity index is 2.75. The molecule has 0 aliphatic rings. The Hall–Kier alpha value is -1.03. The fourth-order valence-electron chi connectivity index (χ4n) is 1.15. The molecule has 12 heavy (non-hydrogen) atoms. The molecular weight excluding hydrogens is 154 g/mol. The van der Waals surface area contributed by atoms with Gasteiger partial charge in [-0.2, -0.15) is 0 Å². The Morgan fingerprint density at radius 1 is 1.75 bits per heavy atom. The van der Waals surface area contributed by atoms with Crippen LogP contribution in [0.3, 0.4) is 0 Å². The summed E-state index contributed by atoms with van der Waals surface area (Å²) >= 11 is 0. The van der Waals surface area contributed by atoms with Crippen LogP contribution in [-0.2, 0) is 13.5 Å². The first kappa shape index (κ1) is 9.06. The summed E-state index contributed by atoms with van der Waals surface area (Å²) in [4.78, 5) is 10.9. The number of aryl methyl sites for hydroxylation is 1. The highest BCUT2D eigenvalue weighted by atomic mass is 16.1. The molecule has 4 nitrogen and oxygen atoms in total. The van der Waals surface area contributed by atoms with Gasteiger partial charge in [-0.25, -0.2) is 0 Å². The Labute approximate surface area is 71.4 Å². The molecule has 0 radical (unpaired) electrons. The molecule has 68 valence electrons. The van der Waals surface area contributed by atoms with E-state index < -0.39 is 0 Å². The van der Waals surface area contributed by atoms with Gasteiger partial charge in [0.05, 0.1) is 0 Å². The molecule has 0 aliphatic carbocycles. The first-order valence-corrected chi connectivity index (χ1v) is 4.08. The third-order valence-corrected chi connectivity index (χ3v) is 1.97. The summed E-state index contributed by atoms with van der Waals surface area (Å²) in [6.45, 7) is 2.72. The predicted octanol–water partition coefficient (Wildman–Crippen LogP) is -0.149. The van der Waals surface area contributed by atoms with E-state index in [-0.39, 0.29) is 5.56 Å². The third kappa shape index (κ3) is 1.98. The van der Waals surface area contributed by atoms with Crippen molar-refractivity contribution in [2.24, 2.45) is 18.7 Å². The van der Waals surface area contributed by atoms with Crippen LogP contribution in [-0.4, -0.2) is 16.3 Å². The molecular formula is C8H15N3O. The third-order valence-electron chi connectivity index (χ3n) is 1.97. The molecule has 0 saturated heterocycles. The highest BCUT2D eigenvalue weighted by molar-refractivity contribution is 5.01. The molecule has 0 fully saturated rings. The number of aromatic nitrogens is 2. The van der Waals surface area contributed by atoms with E-state index in [1.807, 2.05) is 7.05 Å². The van der Waals surface area contributed by atoms with Gasteiger partial charge in [0, 0.05) is 18.8 Å². The fraction of sp³-hybridized carbons (Fsp3) is 0.625. The molecule has 1 unspecified atom stereocenters. The number of H-pyrrole nitrogens is 1. The van der Waals surface area contributed by atoms with Crippen LogP contribution in [0.15, 0.2) is 10.9 Å². The molecule has 3 N–H and O–H groups in total. The van der Waals surface area contributed by atoms with E-state index in [9.17, 15) is 4.79 Å². The topological polar surface area (TPSA) is 63.8 Å². The summed E-state index contributed by atoms with van der Waals surface area (Å²) < 4.78 is 1.74. The van der Waals surface area contributed by atoms with Crippen molar-refractivity contribution in [2.75, 3.05) is 6.54 Å². The van der Waals surface area contributed by atoms with Crippen LogP contribution >= 0.6 is 0 Å². The maximum atomic E-state index is 10.9. The molecule has 1 aromatic rings. The van der Waals surface area contributed by atoms with E-state index in [0.29, 0.717) is 12.5 Å². The molecule has 1 rings (SSSR count). The molecule has 4 heteroatoms. The van der Waals surface area contributed by atoms with Crippen molar-refractivity contribution in [1.29, 1.82) is 0 Å². The molecule has 1 atom stereocenters. The number of aromatic amines is 1. The minimum absolute atomic E-state index is 0.0447. The zero-order valence-electron chi connectivity index (χ0n) is 7.50. The zero-order valence-corrected chi connectivity index (χ0v) is 7.50. The van der Waals surface area contributed by atoms with Crippen molar-refractivity contribution < 1.29 is 0 Å². The lowest BCUT2D eigenvalue weighted by molar-refractivity contribution is 0.558. The van der Waals surface area contributed by atoms with Crippen molar-refractivity contribution in [3.8, 4) is 0 Å². The van der Waals surface area contributed by atoms with Gasteiger partial charge in [0.1, 0.15) is 0 Å². The number of nitrogens with two attached hydrogens (primary N) is 1. The second-order valence-electron chi connectivity index (χ2n) is 3.22. The van der Waals surface area contributed by atoms with Gasteiger partial charge in [0.25, 0.3) is 5.56 Å². The lowest BCUT2D eigenvalue weighted by Gasteiger charge is -2.07. The minimum Gasteiger partial charge on any atom is -0.330 e. The van der Waals surface area contributed by atoms with E-state index in [0.717, 1.165) is 12.1 Å². The quantitative estimate of drug-likeness (QED) is 0.661. The van der Waals surface area contributed by atoms with Crippen molar-refractivity contribution in [1.82, 2.24) is 9.78 Å². The number of nitrogens with zero attached hydrogens (tertiary/aromatic N) is 1. The van der Waals surface area contributed by atoms with Gasteiger partial charge in [0.15, 0.2) is 0 Å². The molecule has 1 aromatic heterocycles. The molecule has 0 saturated carbocycles. The first-order chi connectivity index (χ1) is 5.63. The van der Waals surface area contributed by atoms with Crippen LogP contribution in [0.5, 0.6) is 0 Å². The predicted molar refractivity (Wildman–Crippen MR) is 48.0 cm³/mol. The standard InChI is InChI=1S/C8H15N3O/c1-6(5-9)3-7-4-8(12)10-11(7)2/h4,6H,3,5,9H2,1-2H3,(H,10,12). The van der Waals surface area contributed by atoms with Crippen LogP contribution in [0.2, 0.25) is 0 Å². The number of nitrogens with one attached hydrogen (secondary N) is 1. The van der Waals surface area contributed by atoms with Gasteiger partial charge in [-0.1, -0.05) is 6.92 Å². The summed E-state index contributed by atoms with van der Waals surface area (Å²) in [5, 5.41) is 2.66.